The van der Waals surface area contributed by atoms with Crippen LogP contribution in [0.25, 0.3) is 0 Å². The summed E-state index contributed by atoms with van der Waals surface area (Å²) in [6.45, 7) is 0.366. The zero-order valence-corrected chi connectivity index (χ0v) is 11.5. The van der Waals surface area contributed by atoms with Crippen LogP contribution in [0.1, 0.15) is 0 Å². The molecule has 0 spiro atoms. The summed E-state index contributed by atoms with van der Waals surface area (Å²) in [6, 6.07) is 0. The highest BCUT2D eigenvalue weighted by Crippen LogP contribution is 2.17. The van der Waals surface area contributed by atoms with E-state index in [9.17, 15) is 13.2 Å². The number of amides is 1. The minimum absolute atomic E-state index is 0.0633. The van der Waals surface area contributed by atoms with Gasteiger partial charge in [-0.05, 0) is 0 Å². The second-order valence-corrected chi connectivity index (χ2v) is 5.77. The molecule has 1 amide bonds. The van der Waals surface area contributed by atoms with Crippen LogP contribution in [0.4, 0.5) is 5.82 Å². The minimum Gasteiger partial charge on any atom is -0.383 e. The van der Waals surface area contributed by atoms with E-state index in [4.69, 9.17) is 10.5 Å². The second-order valence-electron chi connectivity index (χ2n) is 3.75. The van der Waals surface area contributed by atoms with Gasteiger partial charge >= 0.3 is 0 Å². The molecule has 10 heteroatoms. The third-order valence-corrected chi connectivity index (χ3v) is 4.15. The quantitative estimate of drug-likeness (QED) is 0.517. The maximum absolute atomic E-state index is 12.1. The summed E-state index contributed by atoms with van der Waals surface area (Å²) in [5, 5.41) is 8.39. The number of anilines is 1. The number of aromatic amines is 1. The van der Waals surface area contributed by atoms with Gasteiger partial charge in [-0.15, -0.1) is 0 Å². The van der Waals surface area contributed by atoms with Gasteiger partial charge in [-0.25, -0.2) is 8.42 Å². The van der Waals surface area contributed by atoms with E-state index in [2.05, 4.69) is 15.5 Å². The first kappa shape index (κ1) is 15.4. The van der Waals surface area contributed by atoms with Crippen molar-refractivity contribution < 1.29 is 17.9 Å². The van der Waals surface area contributed by atoms with Gasteiger partial charge in [-0.1, -0.05) is 0 Å². The molecule has 0 fully saturated rings. The smallest absolute Gasteiger partial charge is 0.248 e. The molecular formula is C9H17N5O4S. The molecule has 1 aromatic heterocycles. The van der Waals surface area contributed by atoms with Gasteiger partial charge < -0.3 is 15.8 Å². The molecule has 0 aliphatic rings. The number of ether oxygens (including phenoxy) is 1. The fourth-order valence-corrected chi connectivity index (χ4v) is 2.43. The van der Waals surface area contributed by atoms with E-state index in [-0.39, 0.29) is 17.3 Å². The second kappa shape index (κ2) is 6.50. The summed E-state index contributed by atoms with van der Waals surface area (Å²) < 4.78 is 29.8. The molecule has 0 saturated carbocycles. The number of hydrogen-bond donors (Lipinski definition) is 3. The predicted molar refractivity (Wildman–Crippen MR) is 67.7 cm³/mol. The van der Waals surface area contributed by atoms with Crippen molar-refractivity contribution in [2.24, 2.45) is 0 Å². The summed E-state index contributed by atoms with van der Waals surface area (Å²) in [4.78, 5) is 11.3. The molecule has 0 aliphatic heterocycles. The van der Waals surface area contributed by atoms with Crippen molar-refractivity contribution >= 4 is 21.7 Å². The van der Waals surface area contributed by atoms with Crippen molar-refractivity contribution in [2.45, 2.75) is 4.90 Å². The highest BCUT2D eigenvalue weighted by Gasteiger charge is 2.26. The fourth-order valence-electron chi connectivity index (χ4n) is 1.29. The van der Waals surface area contributed by atoms with Crippen molar-refractivity contribution in [3.05, 3.63) is 6.20 Å². The number of likely N-dealkylation sites (N-methyl/N-ethyl adjacent to an activating group) is 1. The van der Waals surface area contributed by atoms with E-state index in [1.54, 1.807) is 0 Å². The molecule has 9 nitrogen and oxygen atoms in total. The first-order chi connectivity index (χ1) is 8.89. The number of sulfonamides is 1. The van der Waals surface area contributed by atoms with E-state index >= 15 is 0 Å². The molecule has 0 aromatic carbocycles. The van der Waals surface area contributed by atoms with Crippen LogP contribution >= 0.6 is 0 Å². The average molecular weight is 291 g/mol. The zero-order valence-electron chi connectivity index (χ0n) is 10.7. The molecule has 0 radical (unpaired) electrons. The van der Waals surface area contributed by atoms with Gasteiger partial charge in [-0.3, -0.25) is 9.89 Å². The first-order valence-corrected chi connectivity index (χ1v) is 6.84. The summed E-state index contributed by atoms with van der Waals surface area (Å²) in [5.41, 5.74) is 5.45. The number of nitrogen functional groups attached to an aromatic ring is 1. The highest BCUT2D eigenvalue weighted by atomic mass is 32.2. The third kappa shape index (κ3) is 3.91. The van der Waals surface area contributed by atoms with Gasteiger partial charge in [0.25, 0.3) is 0 Å². The lowest BCUT2D eigenvalue weighted by atomic mass is 10.5. The number of nitrogens with two attached hydrogens (primary N) is 1. The molecule has 0 bridgehead atoms. The van der Waals surface area contributed by atoms with Crippen LogP contribution in [0.2, 0.25) is 0 Å². The van der Waals surface area contributed by atoms with Crippen molar-refractivity contribution in [1.29, 1.82) is 0 Å². The number of aromatic nitrogens is 2. The van der Waals surface area contributed by atoms with Gasteiger partial charge in [-0.2, -0.15) is 9.40 Å². The Morgan fingerprint density at radius 2 is 2.32 bits per heavy atom. The van der Waals surface area contributed by atoms with Crippen molar-refractivity contribution in [1.82, 2.24) is 19.8 Å². The van der Waals surface area contributed by atoms with Gasteiger partial charge in [0.15, 0.2) is 0 Å². The van der Waals surface area contributed by atoms with Crippen LogP contribution in [-0.2, 0) is 19.6 Å². The monoisotopic (exact) mass is 291 g/mol. The number of carbonyl (C=O) groups is 1. The van der Waals surface area contributed by atoms with Crippen LogP contribution in [0, 0.1) is 0 Å². The first-order valence-electron chi connectivity index (χ1n) is 5.40. The number of methoxy groups -OCH3 is 1. The molecule has 0 atom stereocenters. The van der Waals surface area contributed by atoms with E-state index in [0.717, 1.165) is 10.5 Å². The summed E-state index contributed by atoms with van der Waals surface area (Å²) in [7, 11) is -1.04. The topological polar surface area (TPSA) is 130 Å². The number of hydrogen-bond acceptors (Lipinski definition) is 6. The Hall–Kier alpha value is -1.65. The van der Waals surface area contributed by atoms with Gasteiger partial charge in [0.05, 0.1) is 19.3 Å². The molecule has 0 saturated heterocycles. The lowest BCUT2D eigenvalue weighted by molar-refractivity contribution is -0.121. The molecule has 19 heavy (non-hydrogen) atoms. The summed E-state index contributed by atoms with van der Waals surface area (Å²) in [6.07, 6.45) is 1.10. The molecule has 108 valence electrons. The predicted octanol–water partition coefficient (Wildman–Crippen LogP) is -1.62. The third-order valence-electron chi connectivity index (χ3n) is 2.32. The Kier molecular flexibility index (Phi) is 5.27. The molecule has 0 aliphatic carbocycles. The van der Waals surface area contributed by atoms with Crippen LogP contribution in [0.15, 0.2) is 11.1 Å². The van der Waals surface area contributed by atoms with Crippen LogP contribution in [-0.4, -0.2) is 62.7 Å². The largest absolute Gasteiger partial charge is 0.383 e. The number of nitrogens with zero attached hydrogens (tertiary/aromatic N) is 2. The number of carbonyl (C=O) groups excluding carboxylic acids is 1. The maximum Gasteiger partial charge on any atom is 0.248 e. The van der Waals surface area contributed by atoms with Crippen molar-refractivity contribution in [3.8, 4) is 0 Å². The molecule has 1 heterocycles. The number of H-pyrrole nitrogens is 1. The van der Waals surface area contributed by atoms with Gasteiger partial charge in [0.2, 0.25) is 15.9 Å². The molecule has 4 N–H and O–H groups in total. The SMILES string of the molecule is COCCNC(=O)CN(C)S(=O)(=O)c1cn[nH]c1N. The molecular weight excluding hydrogens is 274 g/mol. The lowest BCUT2D eigenvalue weighted by Crippen LogP contribution is -2.39. The Bertz CT molecular complexity index is 526. The van der Waals surface area contributed by atoms with Crippen LogP contribution in [0.5, 0.6) is 0 Å². The standard InChI is InChI=1S/C9H17N5O4S/c1-14(6-8(15)11-3-4-18-2)19(16,17)7-5-12-13-9(7)10/h5H,3-4,6H2,1-2H3,(H,11,15)(H3,10,12,13). The lowest BCUT2D eigenvalue weighted by Gasteiger charge is -2.16. The Morgan fingerprint density at radius 1 is 1.63 bits per heavy atom. The highest BCUT2D eigenvalue weighted by molar-refractivity contribution is 7.89. The van der Waals surface area contributed by atoms with Crippen LogP contribution < -0.4 is 11.1 Å². The van der Waals surface area contributed by atoms with E-state index in [1.165, 1.54) is 14.2 Å². The molecule has 0 unspecified atom stereocenters. The maximum atomic E-state index is 12.1. The Morgan fingerprint density at radius 3 is 2.84 bits per heavy atom. The summed E-state index contributed by atoms with van der Waals surface area (Å²) in [5.74, 6) is -0.489. The molecule has 1 aromatic rings. The Labute approximate surface area is 111 Å². The summed E-state index contributed by atoms with van der Waals surface area (Å²) >= 11 is 0. The average Bonchev–Trinajstić information content (AvgIpc) is 2.76. The normalized spacial score (nSPS) is 11.7. The van der Waals surface area contributed by atoms with Crippen LogP contribution in [0.3, 0.4) is 0 Å². The van der Waals surface area contributed by atoms with Gasteiger partial charge in [0, 0.05) is 20.7 Å². The van der Waals surface area contributed by atoms with Gasteiger partial charge in [0.1, 0.15) is 10.7 Å². The minimum atomic E-state index is -3.83. The number of rotatable bonds is 7. The van der Waals surface area contributed by atoms with E-state index < -0.39 is 15.9 Å². The molecule has 1 rings (SSSR count). The fraction of sp³-hybridized carbons (Fsp3) is 0.556. The Balaban J connectivity index is 2.65. The van der Waals surface area contributed by atoms with E-state index in [1.807, 2.05) is 0 Å². The van der Waals surface area contributed by atoms with E-state index in [0.29, 0.717) is 13.2 Å². The van der Waals surface area contributed by atoms with Crippen molar-refractivity contribution in [3.63, 3.8) is 0 Å². The van der Waals surface area contributed by atoms with Crippen molar-refractivity contribution in [2.75, 3.05) is 39.6 Å². The zero-order chi connectivity index (χ0) is 14.5. The number of nitrogens with one attached hydrogen (secondary N) is 2.